The number of rotatable bonds is 3. The lowest BCUT2D eigenvalue weighted by Gasteiger charge is -2.16. The number of nitrogens with zero attached hydrogens (tertiary/aromatic N) is 1. The SMILES string of the molecule is Cc1cc(C(=O)O)c(C)n1-c1ccccc1C(F)(F)F.Cc1cccc(CN)c1. The number of nitrogens with two attached hydrogens (primary N) is 1. The van der Waals surface area contributed by atoms with Gasteiger partial charge in [-0.15, -0.1) is 0 Å². The van der Waals surface area contributed by atoms with Crippen LogP contribution in [-0.2, 0) is 12.7 Å². The fourth-order valence-electron chi connectivity index (χ4n) is 3.10. The van der Waals surface area contributed by atoms with Crippen LogP contribution < -0.4 is 5.73 Å². The Morgan fingerprint density at radius 3 is 2.17 bits per heavy atom. The van der Waals surface area contributed by atoms with E-state index in [9.17, 15) is 18.0 Å². The summed E-state index contributed by atoms with van der Waals surface area (Å²) in [5.74, 6) is -1.16. The molecule has 0 fully saturated rings. The van der Waals surface area contributed by atoms with E-state index in [0.717, 1.165) is 6.07 Å². The van der Waals surface area contributed by atoms with Gasteiger partial charge in [-0.25, -0.2) is 4.79 Å². The average molecular weight is 404 g/mol. The number of carboxylic acids is 1. The van der Waals surface area contributed by atoms with Gasteiger partial charge in [-0.1, -0.05) is 42.0 Å². The predicted molar refractivity (Wildman–Crippen MR) is 106 cm³/mol. The second-order valence-corrected chi connectivity index (χ2v) is 6.63. The number of hydrogen-bond acceptors (Lipinski definition) is 2. The zero-order valence-electron chi connectivity index (χ0n) is 16.4. The van der Waals surface area contributed by atoms with Gasteiger partial charge < -0.3 is 15.4 Å². The second kappa shape index (κ2) is 8.96. The van der Waals surface area contributed by atoms with Gasteiger partial charge in [-0.05, 0) is 44.5 Å². The highest BCUT2D eigenvalue weighted by Crippen LogP contribution is 2.35. The summed E-state index contributed by atoms with van der Waals surface area (Å²) in [6.07, 6.45) is -4.50. The van der Waals surface area contributed by atoms with Gasteiger partial charge in [-0.2, -0.15) is 13.2 Å². The number of benzene rings is 2. The minimum Gasteiger partial charge on any atom is -0.478 e. The zero-order chi connectivity index (χ0) is 21.8. The van der Waals surface area contributed by atoms with Crippen LogP contribution in [0.4, 0.5) is 13.2 Å². The van der Waals surface area contributed by atoms with Crippen LogP contribution in [0.3, 0.4) is 0 Å². The molecule has 0 unspecified atom stereocenters. The van der Waals surface area contributed by atoms with Crippen LogP contribution in [0.2, 0.25) is 0 Å². The van der Waals surface area contributed by atoms with Gasteiger partial charge in [0.2, 0.25) is 0 Å². The van der Waals surface area contributed by atoms with E-state index in [2.05, 4.69) is 19.1 Å². The van der Waals surface area contributed by atoms with Gasteiger partial charge in [0, 0.05) is 17.9 Å². The number of aryl methyl sites for hydroxylation is 2. The summed E-state index contributed by atoms with van der Waals surface area (Å²) < 4.78 is 40.4. The van der Waals surface area contributed by atoms with Gasteiger partial charge in [0.15, 0.2) is 0 Å². The quantitative estimate of drug-likeness (QED) is 0.625. The van der Waals surface area contributed by atoms with Crippen LogP contribution in [0.15, 0.2) is 54.6 Å². The Hall–Kier alpha value is -3.06. The molecule has 4 nitrogen and oxygen atoms in total. The van der Waals surface area contributed by atoms with Crippen LogP contribution >= 0.6 is 0 Å². The van der Waals surface area contributed by atoms with E-state index < -0.39 is 17.7 Å². The molecule has 2 aromatic carbocycles. The molecule has 0 amide bonds. The van der Waals surface area contributed by atoms with E-state index in [-0.39, 0.29) is 16.9 Å². The summed E-state index contributed by atoms with van der Waals surface area (Å²) in [5, 5.41) is 9.04. The Kier molecular flexibility index (Phi) is 6.87. The maximum atomic E-state index is 13.0. The number of aromatic nitrogens is 1. The maximum Gasteiger partial charge on any atom is 0.418 e. The Bertz CT molecular complexity index is 1010. The molecule has 3 rings (SSSR count). The molecule has 0 radical (unpaired) electrons. The smallest absolute Gasteiger partial charge is 0.418 e. The molecule has 0 bridgehead atoms. The van der Waals surface area contributed by atoms with Crippen LogP contribution in [0.5, 0.6) is 0 Å². The van der Waals surface area contributed by atoms with Crippen molar-refractivity contribution in [3.8, 4) is 5.69 Å². The summed E-state index contributed by atoms with van der Waals surface area (Å²) in [4.78, 5) is 11.1. The van der Waals surface area contributed by atoms with Crippen molar-refractivity contribution >= 4 is 5.97 Å². The number of para-hydroxylation sites is 1. The number of halogens is 3. The molecule has 0 aliphatic rings. The first kappa shape index (κ1) is 22.2. The lowest BCUT2D eigenvalue weighted by molar-refractivity contribution is -0.137. The first-order valence-electron chi connectivity index (χ1n) is 8.90. The third-order valence-electron chi connectivity index (χ3n) is 4.43. The Labute approximate surface area is 167 Å². The van der Waals surface area contributed by atoms with Gasteiger partial charge in [0.05, 0.1) is 16.8 Å². The highest BCUT2D eigenvalue weighted by atomic mass is 19.4. The third kappa shape index (κ3) is 5.26. The van der Waals surface area contributed by atoms with Crippen LogP contribution in [-0.4, -0.2) is 15.6 Å². The van der Waals surface area contributed by atoms with Gasteiger partial charge in [-0.3, -0.25) is 0 Å². The zero-order valence-corrected chi connectivity index (χ0v) is 16.4. The number of alkyl halides is 3. The Morgan fingerprint density at radius 2 is 1.69 bits per heavy atom. The molecular formula is C22H23F3N2O2. The summed E-state index contributed by atoms with van der Waals surface area (Å²) >= 11 is 0. The Morgan fingerprint density at radius 1 is 1.03 bits per heavy atom. The van der Waals surface area contributed by atoms with Crippen molar-refractivity contribution < 1.29 is 23.1 Å². The lowest BCUT2D eigenvalue weighted by atomic mass is 10.1. The van der Waals surface area contributed by atoms with E-state index in [1.165, 1.54) is 46.9 Å². The van der Waals surface area contributed by atoms with Gasteiger partial charge in [0.1, 0.15) is 0 Å². The van der Waals surface area contributed by atoms with E-state index in [1.54, 1.807) is 6.92 Å². The summed E-state index contributed by atoms with van der Waals surface area (Å²) in [5.41, 5.74) is 7.75. The first-order valence-corrected chi connectivity index (χ1v) is 8.90. The summed E-state index contributed by atoms with van der Waals surface area (Å²) in [6, 6.07) is 14.7. The average Bonchev–Trinajstić information content (AvgIpc) is 2.96. The topological polar surface area (TPSA) is 68.2 Å². The third-order valence-corrected chi connectivity index (χ3v) is 4.43. The molecule has 0 aliphatic carbocycles. The number of hydrogen-bond donors (Lipinski definition) is 2. The molecule has 7 heteroatoms. The second-order valence-electron chi connectivity index (χ2n) is 6.63. The maximum absolute atomic E-state index is 13.0. The first-order chi connectivity index (χ1) is 13.6. The summed E-state index contributed by atoms with van der Waals surface area (Å²) in [7, 11) is 0. The fourth-order valence-corrected chi connectivity index (χ4v) is 3.10. The summed E-state index contributed by atoms with van der Waals surface area (Å²) in [6.45, 7) is 5.77. The molecule has 0 saturated heterocycles. The van der Waals surface area contributed by atoms with Crippen LogP contribution in [0, 0.1) is 20.8 Å². The van der Waals surface area contributed by atoms with Crippen LogP contribution in [0.25, 0.3) is 5.69 Å². The molecule has 0 saturated carbocycles. The largest absolute Gasteiger partial charge is 0.478 e. The number of carboxylic acid groups (broad SMARTS) is 1. The monoisotopic (exact) mass is 404 g/mol. The molecule has 3 aromatic rings. The lowest BCUT2D eigenvalue weighted by Crippen LogP contribution is -2.12. The highest BCUT2D eigenvalue weighted by Gasteiger charge is 2.34. The number of carbonyl (C=O) groups is 1. The predicted octanol–water partition coefficient (Wildman–Crippen LogP) is 5.26. The molecule has 0 aliphatic heterocycles. The van der Waals surface area contributed by atoms with Crippen molar-refractivity contribution in [2.75, 3.05) is 0 Å². The van der Waals surface area contributed by atoms with Crippen LogP contribution in [0.1, 0.15) is 38.4 Å². The van der Waals surface area contributed by atoms with Crippen molar-refractivity contribution in [2.24, 2.45) is 5.73 Å². The van der Waals surface area contributed by atoms with E-state index in [4.69, 9.17) is 10.8 Å². The van der Waals surface area contributed by atoms with Crippen molar-refractivity contribution in [3.05, 3.63) is 88.2 Å². The van der Waals surface area contributed by atoms with Crippen molar-refractivity contribution in [2.45, 2.75) is 33.5 Å². The minimum atomic E-state index is -4.50. The highest BCUT2D eigenvalue weighted by molar-refractivity contribution is 5.89. The van der Waals surface area contributed by atoms with Gasteiger partial charge in [0.25, 0.3) is 0 Å². The standard InChI is InChI=1S/C14H12F3NO2.C8H11N/c1-8-7-10(13(19)20)9(2)18(8)12-6-4-3-5-11(12)14(15,16)17;1-7-3-2-4-8(5-7)6-9/h3-7H,1-2H3,(H,19,20);2-5H,6,9H2,1H3. The molecule has 1 aromatic heterocycles. The molecule has 0 spiro atoms. The van der Waals surface area contributed by atoms with E-state index in [1.807, 2.05) is 12.1 Å². The number of aromatic carboxylic acids is 1. The molecule has 154 valence electrons. The minimum absolute atomic E-state index is 0.000484. The molecule has 29 heavy (non-hydrogen) atoms. The molecule has 0 atom stereocenters. The van der Waals surface area contributed by atoms with Crippen molar-refractivity contribution in [1.29, 1.82) is 0 Å². The fraction of sp³-hybridized carbons (Fsp3) is 0.227. The molecule has 3 N–H and O–H groups in total. The van der Waals surface area contributed by atoms with Gasteiger partial charge >= 0.3 is 12.1 Å². The van der Waals surface area contributed by atoms with Crippen molar-refractivity contribution in [1.82, 2.24) is 4.57 Å². The van der Waals surface area contributed by atoms with E-state index in [0.29, 0.717) is 12.2 Å². The normalized spacial score (nSPS) is 11.0. The Balaban J connectivity index is 0.000000278. The molecule has 1 heterocycles. The molecular weight excluding hydrogens is 381 g/mol. The van der Waals surface area contributed by atoms with E-state index >= 15 is 0 Å². The van der Waals surface area contributed by atoms with Crippen molar-refractivity contribution in [3.63, 3.8) is 0 Å².